The molecule has 0 fully saturated rings. The van der Waals surface area contributed by atoms with E-state index < -0.39 is 0 Å². The average Bonchev–Trinajstić information content (AvgIpc) is 2.92. The van der Waals surface area contributed by atoms with Gasteiger partial charge in [-0.05, 0) is 43.3 Å². The molecular formula is C19H18N4O2. The maximum atomic E-state index is 12.5. The van der Waals surface area contributed by atoms with Crippen LogP contribution in [0.5, 0.6) is 5.75 Å². The van der Waals surface area contributed by atoms with Gasteiger partial charge in [-0.1, -0.05) is 0 Å². The smallest absolute Gasteiger partial charge is 0.256 e. The number of nitrogens with two attached hydrogens (primary N) is 1. The Hall–Kier alpha value is -3.46. The van der Waals surface area contributed by atoms with Crippen molar-refractivity contribution >= 4 is 28.3 Å². The molecule has 6 heteroatoms. The van der Waals surface area contributed by atoms with Gasteiger partial charge in [0.25, 0.3) is 5.91 Å². The van der Waals surface area contributed by atoms with Crippen molar-refractivity contribution < 1.29 is 9.53 Å². The minimum atomic E-state index is -0.277. The highest BCUT2D eigenvalue weighted by Crippen LogP contribution is 2.35. The third-order valence-corrected chi connectivity index (χ3v) is 4.14. The van der Waals surface area contributed by atoms with Crippen LogP contribution in [0, 0.1) is 11.3 Å². The monoisotopic (exact) mass is 334 g/mol. The van der Waals surface area contributed by atoms with Crippen LogP contribution in [0.4, 0.5) is 11.5 Å². The molecule has 1 heterocycles. The first kappa shape index (κ1) is 16.4. The first-order chi connectivity index (χ1) is 12.1. The molecule has 0 aliphatic rings. The van der Waals surface area contributed by atoms with Crippen LogP contribution in [0.3, 0.4) is 0 Å². The lowest BCUT2D eigenvalue weighted by Gasteiger charge is -2.10. The summed E-state index contributed by atoms with van der Waals surface area (Å²) in [6.45, 7) is 2.62. The third-order valence-electron chi connectivity index (χ3n) is 4.14. The van der Waals surface area contributed by atoms with Gasteiger partial charge in [0, 0.05) is 23.6 Å². The van der Waals surface area contributed by atoms with Gasteiger partial charge in [0.1, 0.15) is 11.6 Å². The van der Waals surface area contributed by atoms with Crippen molar-refractivity contribution in [1.82, 2.24) is 4.57 Å². The number of aryl methyl sites for hydroxylation is 1. The number of carbonyl (C=O) groups excluding carboxylic acids is 1. The Bertz CT molecular complexity index is 981. The first-order valence-corrected chi connectivity index (χ1v) is 7.86. The van der Waals surface area contributed by atoms with E-state index >= 15 is 0 Å². The Morgan fingerprint density at radius 1 is 1.28 bits per heavy atom. The molecule has 3 rings (SSSR count). The fraction of sp³-hybridized carbons (Fsp3) is 0.158. The zero-order valence-corrected chi connectivity index (χ0v) is 14.0. The molecule has 25 heavy (non-hydrogen) atoms. The minimum absolute atomic E-state index is 0.277. The van der Waals surface area contributed by atoms with Crippen LogP contribution in [-0.2, 0) is 6.54 Å². The van der Waals surface area contributed by atoms with Crippen molar-refractivity contribution in [1.29, 1.82) is 5.26 Å². The zero-order chi connectivity index (χ0) is 18.0. The largest absolute Gasteiger partial charge is 0.497 e. The van der Waals surface area contributed by atoms with E-state index in [9.17, 15) is 4.79 Å². The highest BCUT2D eigenvalue weighted by Gasteiger charge is 2.17. The Balaban J connectivity index is 2.01. The van der Waals surface area contributed by atoms with Crippen LogP contribution < -0.4 is 15.8 Å². The molecule has 0 radical (unpaired) electrons. The number of nitrogen functional groups attached to an aromatic ring is 1. The lowest BCUT2D eigenvalue weighted by atomic mass is 10.1. The van der Waals surface area contributed by atoms with E-state index in [1.54, 1.807) is 31.4 Å². The zero-order valence-electron chi connectivity index (χ0n) is 14.0. The van der Waals surface area contributed by atoms with Gasteiger partial charge in [0.15, 0.2) is 0 Å². The summed E-state index contributed by atoms with van der Waals surface area (Å²) in [5.41, 5.74) is 8.64. The summed E-state index contributed by atoms with van der Waals surface area (Å²) in [6, 6.07) is 14.1. The van der Waals surface area contributed by atoms with Gasteiger partial charge >= 0.3 is 0 Å². The number of benzene rings is 2. The summed E-state index contributed by atoms with van der Waals surface area (Å²) in [4.78, 5) is 12.5. The number of nitrogens with one attached hydrogen (secondary N) is 1. The SMILES string of the molecule is CCn1c(NC(=O)c2ccc(C#N)cc2)c(N)c2ccc(OC)cc21. The highest BCUT2D eigenvalue weighted by molar-refractivity contribution is 6.09. The number of nitriles is 1. The second-order valence-electron chi connectivity index (χ2n) is 5.53. The predicted molar refractivity (Wildman–Crippen MR) is 97.7 cm³/mol. The Morgan fingerprint density at radius 2 is 2.00 bits per heavy atom. The van der Waals surface area contributed by atoms with Crippen molar-refractivity contribution in [3.05, 3.63) is 53.6 Å². The van der Waals surface area contributed by atoms with Crippen molar-refractivity contribution in [2.45, 2.75) is 13.5 Å². The molecule has 1 aromatic heterocycles. The molecule has 0 saturated carbocycles. The third kappa shape index (κ3) is 2.88. The van der Waals surface area contributed by atoms with Crippen molar-refractivity contribution in [3.8, 4) is 11.8 Å². The Kier molecular flexibility index (Phi) is 4.31. The van der Waals surface area contributed by atoms with Gasteiger partial charge in [0.2, 0.25) is 0 Å². The second kappa shape index (κ2) is 6.57. The summed E-state index contributed by atoms with van der Waals surface area (Å²) < 4.78 is 7.21. The molecule has 3 N–H and O–H groups in total. The van der Waals surface area contributed by atoms with E-state index in [2.05, 4.69) is 5.32 Å². The molecule has 3 aromatic rings. The van der Waals surface area contributed by atoms with E-state index in [1.165, 1.54) is 0 Å². The number of carbonyl (C=O) groups is 1. The fourth-order valence-electron chi connectivity index (χ4n) is 2.82. The lowest BCUT2D eigenvalue weighted by Crippen LogP contribution is -2.16. The first-order valence-electron chi connectivity index (χ1n) is 7.86. The molecule has 2 aromatic carbocycles. The van der Waals surface area contributed by atoms with Crippen molar-refractivity contribution in [3.63, 3.8) is 0 Å². The van der Waals surface area contributed by atoms with Gasteiger partial charge in [-0.15, -0.1) is 0 Å². The molecule has 0 saturated heterocycles. The molecule has 0 unspecified atom stereocenters. The van der Waals surface area contributed by atoms with E-state index in [-0.39, 0.29) is 5.91 Å². The maximum Gasteiger partial charge on any atom is 0.256 e. The van der Waals surface area contributed by atoms with Crippen LogP contribution in [0.2, 0.25) is 0 Å². The summed E-state index contributed by atoms with van der Waals surface area (Å²) in [5.74, 6) is 1.01. The average molecular weight is 334 g/mol. The van der Waals surface area contributed by atoms with Crippen LogP contribution in [-0.4, -0.2) is 17.6 Å². The Morgan fingerprint density at radius 3 is 2.60 bits per heavy atom. The van der Waals surface area contributed by atoms with E-state index in [1.807, 2.05) is 35.8 Å². The van der Waals surface area contributed by atoms with Gasteiger partial charge < -0.3 is 20.4 Å². The van der Waals surface area contributed by atoms with Gasteiger partial charge in [-0.3, -0.25) is 4.79 Å². The maximum absolute atomic E-state index is 12.5. The van der Waals surface area contributed by atoms with Crippen LogP contribution in [0.1, 0.15) is 22.8 Å². The summed E-state index contributed by atoms with van der Waals surface area (Å²) >= 11 is 0. The van der Waals surface area contributed by atoms with Crippen LogP contribution in [0.25, 0.3) is 10.9 Å². The summed E-state index contributed by atoms with van der Waals surface area (Å²) in [7, 11) is 1.61. The van der Waals surface area contributed by atoms with Gasteiger partial charge in [0.05, 0.1) is 29.9 Å². The number of nitrogens with zero attached hydrogens (tertiary/aromatic N) is 2. The number of methoxy groups -OCH3 is 1. The number of amides is 1. The van der Waals surface area contributed by atoms with E-state index in [4.69, 9.17) is 15.7 Å². The van der Waals surface area contributed by atoms with Crippen molar-refractivity contribution in [2.24, 2.45) is 0 Å². The van der Waals surface area contributed by atoms with E-state index in [0.717, 1.165) is 16.7 Å². The quantitative estimate of drug-likeness (QED) is 0.765. The standard InChI is InChI=1S/C19H18N4O2/c1-3-23-16-10-14(25-2)8-9-15(16)17(21)18(23)22-19(24)13-6-4-12(11-20)5-7-13/h4-10H,3,21H2,1-2H3,(H,22,24). The second-order valence-corrected chi connectivity index (χ2v) is 5.53. The number of hydrogen-bond donors (Lipinski definition) is 2. The highest BCUT2D eigenvalue weighted by atomic mass is 16.5. The topological polar surface area (TPSA) is 93.1 Å². The molecule has 0 aliphatic carbocycles. The molecule has 0 bridgehead atoms. The number of aromatic nitrogens is 1. The minimum Gasteiger partial charge on any atom is -0.497 e. The number of anilines is 2. The molecule has 0 spiro atoms. The summed E-state index contributed by atoms with van der Waals surface area (Å²) in [5, 5.41) is 12.6. The van der Waals surface area contributed by atoms with Gasteiger partial charge in [-0.25, -0.2) is 0 Å². The number of hydrogen-bond acceptors (Lipinski definition) is 4. The molecule has 1 amide bonds. The molecule has 0 aliphatic heterocycles. The molecule has 126 valence electrons. The normalized spacial score (nSPS) is 10.4. The van der Waals surface area contributed by atoms with Gasteiger partial charge in [-0.2, -0.15) is 5.26 Å². The molecule has 0 atom stereocenters. The van der Waals surface area contributed by atoms with E-state index in [0.29, 0.717) is 29.2 Å². The Labute approximate surface area is 145 Å². The van der Waals surface area contributed by atoms with Crippen LogP contribution >= 0.6 is 0 Å². The predicted octanol–water partition coefficient (Wildman–Crippen LogP) is 3.38. The number of ether oxygens (including phenoxy) is 1. The van der Waals surface area contributed by atoms with Crippen molar-refractivity contribution in [2.75, 3.05) is 18.2 Å². The molecular weight excluding hydrogens is 316 g/mol. The lowest BCUT2D eigenvalue weighted by molar-refractivity contribution is 0.102. The molecule has 6 nitrogen and oxygen atoms in total. The fourth-order valence-corrected chi connectivity index (χ4v) is 2.82. The van der Waals surface area contributed by atoms with Crippen LogP contribution in [0.15, 0.2) is 42.5 Å². The summed E-state index contributed by atoms with van der Waals surface area (Å²) in [6.07, 6.45) is 0. The number of rotatable bonds is 4. The number of fused-ring (bicyclic) bond motifs is 1.